The highest BCUT2D eigenvalue weighted by Crippen LogP contribution is 2.70. The summed E-state index contributed by atoms with van der Waals surface area (Å²) in [6, 6.07) is 0. The van der Waals surface area contributed by atoms with E-state index in [9.17, 15) is 15.0 Å². The second-order valence-electron chi connectivity index (χ2n) is 8.44. The van der Waals surface area contributed by atoms with Crippen LogP contribution in [-0.4, -0.2) is 27.7 Å². The van der Waals surface area contributed by atoms with E-state index in [2.05, 4.69) is 27.0 Å². The Balaban J connectivity index is 2.25. The van der Waals surface area contributed by atoms with Gasteiger partial charge in [-0.2, -0.15) is 0 Å². The third-order valence-corrected chi connectivity index (χ3v) is 8.13. The Morgan fingerprint density at radius 2 is 2.00 bits per heavy atom. The first kappa shape index (κ1) is 16.9. The molecule has 0 spiro atoms. The number of carbonyl (C=O) groups excluding carboxylic acids is 1. The van der Waals surface area contributed by atoms with Crippen LogP contribution >= 0.6 is 0 Å². The van der Waals surface area contributed by atoms with Crippen LogP contribution in [0.2, 0.25) is 0 Å². The van der Waals surface area contributed by atoms with E-state index in [4.69, 9.17) is 0 Å². The zero-order chi connectivity index (χ0) is 17.2. The Morgan fingerprint density at radius 3 is 2.61 bits per heavy atom. The van der Waals surface area contributed by atoms with E-state index in [0.29, 0.717) is 12.8 Å². The van der Waals surface area contributed by atoms with Gasteiger partial charge in [0.1, 0.15) is 5.60 Å². The third kappa shape index (κ3) is 1.70. The average Bonchev–Trinajstić information content (AvgIpc) is 2.79. The Bertz CT molecular complexity index is 567. The molecule has 0 aromatic heterocycles. The van der Waals surface area contributed by atoms with Crippen molar-refractivity contribution in [1.82, 2.24) is 0 Å². The Kier molecular flexibility index (Phi) is 3.70. The lowest BCUT2D eigenvalue weighted by atomic mass is 9.46. The molecule has 128 valence electrons. The van der Waals surface area contributed by atoms with Gasteiger partial charge in [-0.15, -0.1) is 0 Å². The van der Waals surface area contributed by atoms with Gasteiger partial charge in [-0.1, -0.05) is 45.6 Å². The minimum atomic E-state index is -1.42. The Morgan fingerprint density at radius 1 is 1.35 bits per heavy atom. The highest BCUT2D eigenvalue weighted by Gasteiger charge is 2.75. The fraction of sp³-hybridized carbons (Fsp3) is 0.750. The second kappa shape index (κ2) is 5.03. The maximum atomic E-state index is 12.9. The monoisotopic (exact) mass is 318 g/mol. The number of carbonyl (C=O) groups is 1. The maximum absolute atomic E-state index is 12.9. The molecule has 0 aromatic carbocycles. The van der Waals surface area contributed by atoms with Crippen LogP contribution in [0.5, 0.6) is 0 Å². The van der Waals surface area contributed by atoms with Gasteiger partial charge in [0, 0.05) is 17.3 Å². The molecule has 3 rings (SSSR count). The molecule has 3 heteroatoms. The molecule has 1 unspecified atom stereocenters. The zero-order valence-electron chi connectivity index (χ0n) is 14.6. The average molecular weight is 318 g/mol. The number of ketones is 1. The summed E-state index contributed by atoms with van der Waals surface area (Å²) < 4.78 is 0. The number of rotatable bonds is 2. The van der Waals surface area contributed by atoms with Crippen LogP contribution in [0.25, 0.3) is 0 Å². The van der Waals surface area contributed by atoms with Gasteiger partial charge in [0.2, 0.25) is 0 Å². The number of allylic oxidation sites excluding steroid dienone is 2. The molecule has 3 aliphatic carbocycles. The molecule has 0 aliphatic heterocycles. The molecule has 0 amide bonds. The van der Waals surface area contributed by atoms with Crippen LogP contribution < -0.4 is 0 Å². The summed E-state index contributed by atoms with van der Waals surface area (Å²) in [6.45, 7) is 14.1. The fourth-order valence-electron chi connectivity index (χ4n) is 6.30. The standard InChI is InChI=1S/C20H30O3/c1-6-12(2)15-11-17(22)18(5)13(3)7-9-19(14(15)4)10-8-16(21)20(18,19)23/h6,13-15,17,22-23H,1-2,7-11H2,3-5H3/t13?,14-,15-,17+,18-,19-,20+/m0/s1. The summed E-state index contributed by atoms with van der Waals surface area (Å²) in [5.74, 6) is 0.211. The minimum Gasteiger partial charge on any atom is -0.392 e. The summed E-state index contributed by atoms with van der Waals surface area (Å²) in [5, 5.41) is 22.9. The quantitative estimate of drug-likeness (QED) is 0.768. The molecule has 0 aromatic rings. The fourth-order valence-corrected chi connectivity index (χ4v) is 6.30. The van der Waals surface area contributed by atoms with E-state index in [-0.39, 0.29) is 23.5 Å². The minimum absolute atomic E-state index is 0.0621. The normalized spacial score (nSPS) is 52.7. The first-order valence-electron chi connectivity index (χ1n) is 8.91. The number of aliphatic hydroxyl groups is 2. The van der Waals surface area contributed by atoms with Crippen molar-refractivity contribution in [2.24, 2.45) is 28.6 Å². The van der Waals surface area contributed by atoms with E-state index >= 15 is 0 Å². The van der Waals surface area contributed by atoms with Crippen LogP contribution in [0.1, 0.15) is 52.9 Å². The molecule has 2 N–H and O–H groups in total. The highest BCUT2D eigenvalue weighted by atomic mass is 16.3. The Hall–Kier alpha value is -0.930. The SMILES string of the molecule is C=CC(=C)[C@@H]1C[C@@H](O)[C@]2(C)C(C)CC[C@]3(CCC(=O)[C@]32O)[C@H]1C. The lowest BCUT2D eigenvalue weighted by Crippen LogP contribution is -2.68. The van der Waals surface area contributed by atoms with Crippen LogP contribution in [0.15, 0.2) is 24.8 Å². The van der Waals surface area contributed by atoms with E-state index in [1.54, 1.807) is 6.08 Å². The Labute approximate surface area is 139 Å². The van der Waals surface area contributed by atoms with Gasteiger partial charge in [0.05, 0.1) is 6.10 Å². The van der Waals surface area contributed by atoms with E-state index < -0.39 is 22.5 Å². The molecular formula is C20H30O3. The van der Waals surface area contributed by atoms with E-state index in [0.717, 1.165) is 24.8 Å². The molecule has 0 saturated heterocycles. The molecule has 3 fully saturated rings. The highest BCUT2D eigenvalue weighted by molar-refractivity contribution is 5.92. The molecule has 7 atom stereocenters. The number of Topliss-reactive ketones (excluding diaryl/α,β-unsaturated/α-hetero) is 1. The van der Waals surface area contributed by atoms with Gasteiger partial charge in [0.25, 0.3) is 0 Å². The summed E-state index contributed by atoms with van der Waals surface area (Å²) in [5.41, 5.74) is -1.74. The molecule has 3 aliphatic rings. The van der Waals surface area contributed by atoms with Crippen molar-refractivity contribution in [1.29, 1.82) is 0 Å². The van der Waals surface area contributed by atoms with Crippen LogP contribution in [0.4, 0.5) is 0 Å². The third-order valence-electron chi connectivity index (χ3n) is 8.13. The van der Waals surface area contributed by atoms with Crippen LogP contribution in [0, 0.1) is 28.6 Å². The second-order valence-corrected chi connectivity index (χ2v) is 8.44. The topological polar surface area (TPSA) is 57.5 Å². The smallest absolute Gasteiger partial charge is 0.165 e. The first-order valence-corrected chi connectivity index (χ1v) is 8.91. The lowest BCUT2D eigenvalue weighted by molar-refractivity contribution is -0.229. The van der Waals surface area contributed by atoms with E-state index in [1.165, 1.54) is 0 Å². The summed E-state index contributed by atoms with van der Waals surface area (Å²) in [4.78, 5) is 12.9. The summed E-state index contributed by atoms with van der Waals surface area (Å²) >= 11 is 0. The predicted molar refractivity (Wildman–Crippen MR) is 90.7 cm³/mol. The van der Waals surface area contributed by atoms with Crippen molar-refractivity contribution >= 4 is 5.78 Å². The molecule has 2 bridgehead atoms. The molecule has 3 saturated carbocycles. The van der Waals surface area contributed by atoms with Gasteiger partial charge in [-0.3, -0.25) is 4.79 Å². The predicted octanol–water partition coefficient (Wildman–Crippen LogP) is 3.26. The van der Waals surface area contributed by atoms with Crippen molar-refractivity contribution < 1.29 is 15.0 Å². The molecule has 0 heterocycles. The van der Waals surface area contributed by atoms with Crippen molar-refractivity contribution in [3.63, 3.8) is 0 Å². The largest absolute Gasteiger partial charge is 0.392 e. The van der Waals surface area contributed by atoms with Gasteiger partial charge in [0.15, 0.2) is 5.78 Å². The van der Waals surface area contributed by atoms with Gasteiger partial charge in [-0.25, -0.2) is 0 Å². The first-order chi connectivity index (χ1) is 10.7. The van der Waals surface area contributed by atoms with Gasteiger partial charge in [-0.05, 0) is 43.4 Å². The van der Waals surface area contributed by atoms with Crippen molar-refractivity contribution in [3.8, 4) is 0 Å². The van der Waals surface area contributed by atoms with Crippen LogP contribution in [-0.2, 0) is 4.79 Å². The van der Waals surface area contributed by atoms with Crippen LogP contribution in [0.3, 0.4) is 0 Å². The van der Waals surface area contributed by atoms with Crippen molar-refractivity contribution in [3.05, 3.63) is 24.8 Å². The lowest BCUT2D eigenvalue weighted by Gasteiger charge is -2.60. The molecule has 23 heavy (non-hydrogen) atoms. The molecular weight excluding hydrogens is 288 g/mol. The summed E-state index contributed by atoms with van der Waals surface area (Å²) in [6.07, 6.45) is 4.53. The molecule has 0 radical (unpaired) electrons. The van der Waals surface area contributed by atoms with E-state index in [1.807, 2.05) is 6.92 Å². The molecule has 3 nitrogen and oxygen atoms in total. The summed E-state index contributed by atoms with van der Waals surface area (Å²) in [7, 11) is 0. The number of aliphatic hydroxyl groups excluding tert-OH is 1. The van der Waals surface area contributed by atoms with Crippen molar-refractivity contribution in [2.75, 3.05) is 0 Å². The number of hydrogen-bond acceptors (Lipinski definition) is 3. The zero-order valence-corrected chi connectivity index (χ0v) is 14.6. The van der Waals surface area contributed by atoms with Gasteiger partial charge >= 0.3 is 0 Å². The maximum Gasteiger partial charge on any atom is 0.165 e. The number of hydrogen-bond donors (Lipinski definition) is 2. The van der Waals surface area contributed by atoms with Crippen molar-refractivity contribution in [2.45, 2.75) is 64.6 Å². The van der Waals surface area contributed by atoms with Gasteiger partial charge < -0.3 is 10.2 Å².